The maximum absolute atomic E-state index is 13.5. The van der Waals surface area contributed by atoms with Gasteiger partial charge in [0, 0.05) is 56.6 Å². The van der Waals surface area contributed by atoms with Gasteiger partial charge < -0.3 is 19.7 Å². The number of Topliss-reactive ketones (excluding diaryl/α,β-unsaturated/α-hetero) is 1. The average Bonchev–Trinajstić information content (AvgIpc) is 3.56. The highest BCUT2D eigenvalue weighted by atomic mass is 32.2. The van der Waals surface area contributed by atoms with Gasteiger partial charge in [0.05, 0.1) is 30.7 Å². The van der Waals surface area contributed by atoms with Crippen LogP contribution < -0.4 is 20.5 Å². The number of aryl methyl sites for hydroxylation is 1. The monoisotopic (exact) mass is 654 g/mol. The second kappa shape index (κ2) is 13.3. The Morgan fingerprint density at radius 2 is 1.72 bits per heavy atom. The molecule has 1 amide bonds. The Morgan fingerprint density at radius 3 is 2.37 bits per heavy atom. The molecule has 0 radical (unpaired) electrons. The van der Waals surface area contributed by atoms with E-state index in [4.69, 9.17) is 14.5 Å². The third kappa shape index (κ3) is 6.69. The molecule has 0 spiro atoms. The van der Waals surface area contributed by atoms with Crippen LogP contribution in [0, 0.1) is 6.92 Å². The summed E-state index contributed by atoms with van der Waals surface area (Å²) < 4.78 is 40.9. The lowest BCUT2D eigenvalue weighted by Crippen LogP contribution is -2.53. The molecule has 3 aromatic rings. The zero-order valence-electron chi connectivity index (χ0n) is 25.9. The summed E-state index contributed by atoms with van der Waals surface area (Å²) in [6.45, 7) is 5.28. The van der Waals surface area contributed by atoms with Gasteiger partial charge >= 0.3 is 16.3 Å². The van der Waals surface area contributed by atoms with Crippen LogP contribution >= 0.6 is 0 Å². The number of rotatable bonds is 8. The van der Waals surface area contributed by atoms with Crippen molar-refractivity contribution in [3.63, 3.8) is 0 Å². The van der Waals surface area contributed by atoms with Crippen LogP contribution in [0.5, 0.6) is 0 Å². The highest BCUT2D eigenvalue weighted by molar-refractivity contribution is 7.87. The highest BCUT2D eigenvalue weighted by Gasteiger charge is 2.30. The highest BCUT2D eigenvalue weighted by Crippen LogP contribution is 2.32. The number of nitrogens with zero attached hydrogens (tertiary/aromatic N) is 6. The number of pyridine rings is 2. The molecule has 6 rings (SSSR count). The molecule has 2 saturated heterocycles. The number of amides is 1. The molecule has 0 unspecified atom stereocenters. The van der Waals surface area contributed by atoms with Gasteiger partial charge in [-0.05, 0) is 44.4 Å². The standard InChI is InChI=1S/C30H38N8O7S/c1-19-24-18-32-29(34-27(24)38(21-5-3-4-6-21)28(40)26(19)20(2)39)33-25-8-7-22(17-31-25)36-11-13-37(14-12-36)46(42,43)35-30(41)45-23-9-15-44-16-10-23/h7-8,17-18,21,23H,3-6,9-16H2,1-2H3,(H,35,41)(H,31,32,33,34). The van der Waals surface area contributed by atoms with Crippen LogP contribution in [0.25, 0.3) is 11.0 Å². The number of carbonyl (C=O) groups is 2. The van der Waals surface area contributed by atoms with Gasteiger partial charge in [0.25, 0.3) is 5.56 Å². The van der Waals surface area contributed by atoms with Gasteiger partial charge in [-0.2, -0.15) is 17.7 Å². The van der Waals surface area contributed by atoms with Crippen LogP contribution in [0.1, 0.15) is 67.4 Å². The van der Waals surface area contributed by atoms with Crippen molar-refractivity contribution >= 4 is 50.6 Å². The lowest BCUT2D eigenvalue weighted by molar-refractivity contribution is 0.00323. The Morgan fingerprint density at radius 1 is 1.00 bits per heavy atom. The number of carbonyl (C=O) groups excluding carboxylic acids is 2. The molecule has 3 fully saturated rings. The third-order valence-electron chi connectivity index (χ3n) is 8.84. The summed E-state index contributed by atoms with van der Waals surface area (Å²) in [5.41, 5.74) is 1.75. The second-order valence-electron chi connectivity index (χ2n) is 11.8. The summed E-state index contributed by atoms with van der Waals surface area (Å²) in [6.07, 6.45) is 6.79. The van der Waals surface area contributed by atoms with Crippen LogP contribution in [0.3, 0.4) is 0 Å². The number of aromatic nitrogens is 4. The van der Waals surface area contributed by atoms with Crippen LogP contribution in [0.2, 0.25) is 0 Å². The topological polar surface area (TPSA) is 178 Å². The van der Waals surface area contributed by atoms with Crippen molar-refractivity contribution in [2.75, 3.05) is 49.6 Å². The van der Waals surface area contributed by atoms with Crippen molar-refractivity contribution in [2.45, 2.75) is 64.5 Å². The van der Waals surface area contributed by atoms with E-state index in [-0.39, 0.29) is 48.1 Å². The van der Waals surface area contributed by atoms with Crippen molar-refractivity contribution in [3.8, 4) is 0 Å². The van der Waals surface area contributed by atoms with Crippen molar-refractivity contribution in [1.29, 1.82) is 0 Å². The minimum atomic E-state index is -4.04. The van der Waals surface area contributed by atoms with E-state index < -0.39 is 16.3 Å². The molecule has 3 aliphatic rings. The molecule has 1 aliphatic carbocycles. The molecular formula is C30H38N8O7S. The van der Waals surface area contributed by atoms with E-state index >= 15 is 0 Å². The average molecular weight is 655 g/mol. The Hall–Kier alpha value is -4.15. The molecule has 15 nitrogen and oxygen atoms in total. The smallest absolute Gasteiger partial charge is 0.422 e. The summed E-state index contributed by atoms with van der Waals surface area (Å²) in [6, 6.07) is 3.61. The number of hydrogen-bond acceptors (Lipinski definition) is 12. The molecule has 46 heavy (non-hydrogen) atoms. The molecule has 246 valence electrons. The number of piperazine rings is 1. The fourth-order valence-electron chi connectivity index (χ4n) is 6.40. The zero-order valence-corrected chi connectivity index (χ0v) is 26.7. The number of hydrogen-bond donors (Lipinski definition) is 2. The first-order chi connectivity index (χ1) is 22.1. The van der Waals surface area contributed by atoms with Gasteiger partial charge in [-0.1, -0.05) is 12.8 Å². The number of ether oxygens (including phenoxy) is 2. The summed E-state index contributed by atoms with van der Waals surface area (Å²) >= 11 is 0. The van der Waals surface area contributed by atoms with E-state index in [1.54, 1.807) is 30.0 Å². The molecule has 0 bridgehead atoms. The Kier molecular flexibility index (Phi) is 9.20. The summed E-state index contributed by atoms with van der Waals surface area (Å²) in [5, 5.41) is 3.78. The van der Waals surface area contributed by atoms with Gasteiger partial charge in [-0.25, -0.2) is 19.5 Å². The number of nitrogens with one attached hydrogen (secondary N) is 2. The summed E-state index contributed by atoms with van der Waals surface area (Å²) in [5.74, 6) is 0.493. The van der Waals surface area contributed by atoms with E-state index in [2.05, 4.69) is 15.3 Å². The quantitative estimate of drug-likeness (QED) is 0.340. The molecule has 3 aromatic heterocycles. The van der Waals surface area contributed by atoms with E-state index in [1.165, 1.54) is 11.2 Å². The third-order valence-corrected chi connectivity index (χ3v) is 10.3. The summed E-state index contributed by atoms with van der Waals surface area (Å²) in [7, 11) is -4.04. The number of anilines is 3. The normalized spacial score (nSPS) is 18.5. The molecule has 1 saturated carbocycles. The van der Waals surface area contributed by atoms with E-state index in [1.807, 2.05) is 15.7 Å². The second-order valence-corrected chi connectivity index (χ2v) is 13.5. The Balaban J connectivity index is 1.11. The molecule has 2 aliphatic heterocycles. The van der Waals surface area contributed by atoms with Crippen molar-refractivity contribution in [1.82, 2.24) is 28.5 Å². The number of ketones is 1. The maximum atomic E-state index is 13.5. The van der Waals surface area contributed by atoms with Crippen LogP contribution in [0.15, 0.2) is 29.3 Å². The predicted molar refractivity (Wildman–Crippen MR) is 170 cm³/mol. The lowest BCUT2D eigenvalue weighted by Gasteiger charge is -2.35. The maximum Gasteiger partial charge on any atom is 0.422 e. The fraction of sp³-hybridized carbons (Fsp3) is 0.533. The van der Waals surface area contributed by atoms with Crippen LogP contribution in [0.4, 0.5) is 22.2 Å². The largest absolute Gasteiger partial charge is 0.445 e. The summed E-state index contributed by atoms with van der Waals surface area (Å²) in [4.78, 5) is 53.7. The molecule has 0 atom stereocenters. The number of fused-ring (bicyclic) bond motifs is 1. The van der Waals surface area contributed by atoms with Crippen molar-refractivity contribution in [2.24, 2.45) is 0 Å². The van der Waals surface area contributed by atoms with Crippen molar-refractivity contribution in [3.05, 3.63) is 46.0 Å². The van der Waals surface area contributed by atoms with Crippen molar-refractivity contribution < 1.29 is 27.5 Å². The van der Waals surface area contributed by atoms with Crippen LogP contribution in [-0.2, 0) is 19.7 Å². The van der Waals surface area contributed by atoms with Gasteiger partial charge in [0.1, 0.15) is 17.6 Å². The Labute approximate surface area is 266 Å². The van der Waals surface area contributed by atoms with E-state index in [0.29, 0.717) is 61.6 Å². The molecule has 5 heterocycles. The molecule has 16 heteroatoms. The van der Waals surface area contributed by atoms with E-state index in [0.717, 1.165) is 31.4 Å². The first kappa shape index (κ1) is 31.8. The minimum Gasteiger partial charge on any atom is -0.445 e. The first-order valence-electron chi connectivity index (χ1n) is 15.6. The van der Waals surface area contributed by atoms with Gasteiger partial charge in [-0.3, -0.25) is 14.2 Å². The van der Waals surface area contributed by atoms with E-state index in [9.17, 15) is 22.8 Å². The fourth-order valence-corrected chi connectivity index (χ4v) is 7.43. The molecule has 2 N–H and O–H groups in total. The van der Waals surface area contributed by atoms with Gasteiger partial charge in [0.15, 0.2) is 5.78 Å². The molecular weight excluding hydrogens is 616 g/mol. The zero-order chi connectivity index (χ0) is 32.4. The molecule has 0 aromatic carbocycles. The van der Waals surface area contributed by atoms with Gasteiger partial charge in [0.2, 0.25) is 5.95 Å². The minimum absolute atomic E-state index is 0.0222. The van der Waals surface area contributed by atoms with Gasteiger partial charge in [-0.15, -0.1) is 0 Å². The lowest BCUT2D eigenvalue weighted by atomic mass is 10.0. The van der Waals surface area contributed by atoms with Crippen LogP contribution in [-0.4, -0.2) is 89.6 Å². The predicted octanol–water partition coefficient (Wildman–Crippen LogP) is 2.83. The SMILES string of the molecule is CC(=O)c1c(C)c2cnc(Nc3ccc(N4CCN(S(=O)(=O)NC(=O)OC5CCOCC5)CC4)cn3)nc2n(C2CCCC2)c1=O. The Bertz CT molecular complexity index is 1780. The first-order valence-corrected chi connectivity index (χ1v) is 17.0.